The monoisotopic (exact) mass is 397 g/mol. The van der Waals surface area contributed by atoms with Gasteiger partial charge >= 0.3 is 0 Å². The average molecular weight is 398 g/mol. The number of carbonyl (C=O) groups excluding carboxylic acids is 1. The van der Waals surface area contributed by atoms with Gasteiger partial charge in [-0.05, 0) is 30.2 Å². The van der Waals surface area contributed by atoms with Gasteiger partial charge in [0.2, 0.25) is 5.91 Å². The fourth-order valence-corrected chi connectivity index (χ4v) is 4.92. The third-order valence-electron chi connectivity index (χ3n) is 3.63. The molecule has 0 spiro atoms. The van der Waals surface area contributed by atoms with E-state index in [0.29, 0.717) is 17.3 Å². The van der Waals surface area contributed by atoms with E-state index >= 15 is 0 Å². The molecule has 3 rings (SSSR count). The Kier molecular flexibility index (Phi) is 5.43. The molecule has 0 unspecified atom stereocenters. The van der Waals surface area contributed by atoms with Crippen molar-refractivity contribution >= 4 is 49.8 Å². The minimum atomic E-state index is -3.71. The Labute approximate surface area is 154 Å². The summed E-state index contributed by atoms with van der Waals surface area (Å²) in [6, 6.07) is 10.8. The predicted octanol–water partition coefficient (Wildman–Crippen LogP) is 2.52. The molecule has 25 heavy (non-hydrogen) atoms. The average Bonchev–Trinajstić information content (AvgIpc) is 3.20. The highest BCUT2D eigenvalue weighted by Crippen LogP contribution is 2.25. The van der Waals surface area contributed by atoms with Gasteiger partial charge in [0, 0.05) is 23.6 Å². The molecule has 0 aliphatic carbocycles. The van der Waals surface area contributed by atoms with Gasteiger partial charge in [-0.25, -0.2) is 13.1 Å². The van der Waals surface area contributed by atoms with Crippen LogP contribution in [0.25, 0.3) is 10.9 Å². The number of H-pyrrole nitrogens is 1. The van der Waals surface area contributed by atoms with Crippen LogP contribution in [-0.4, -0.2) is 32.4 Å². The molecule has 9 heteroatoms. The fourth-order valence-electron chi connectivity index (χ4n) is 2.41. The molecule has 0 radical (unpaired) electrons. The number of hydrogen-bond acceptors (Lipinski definition) is 4. The van der Waals surface area contributed by atoms with Crippen LogP contribution in [0.15, 0.2) is 46.8 Å². The molecule has 1 aromatic carbocycles. The van der Waals surface area contributed by atoms with Crippen LogP contribution in [0.3, 0.4) is 0 Å². The summed E-state index contributed by atoms with van der Waals surface area (Å²) in [5.41, 5.74) is 2.15. The molecule has 0 atom stereocenters. The van der Waals surface area contributed by atoms with Crippen LogP contribution in [0.5, 0.6) is 0 Å². The predicted molar refractivity (Wildman–Crippen MR) is 99.5 cm³/mol. The minimum Gasteiger partial charge on any atom is -0.361 e. The Balaban J connectivity index is 1.48. The number of carbonyl (C=O) groups is 1. The first-order chi connectivity index (χ1) is 12.0. The van der Waals surface area contributed by atoms with Crippen molar-refractivity contribution in [1.82, 2.24) is 15.0 Å². The zero-order valence-electron chi connectivity index (χ0n) is 13.1. The van der Waals surface area contributed by atoms with Crippen LogP contribution in [0, 0.1) is 0 Å². The zero-order valence-corrected chi connectivity index (χ0v) is 15.5. The summed E-state index contributed by atoms with van der Waals surface area (Å²) < 4.78 is 26.8. The van der Waals surface area contributed by atoms with Crippen molar-refractivity contribution < 1.29 is 13.2 Å². The highest BCUT2D eigenvalue weighted by Gasteiger charge is 2.17. The molecule has 1 amide bonds. The molecule has 0 bridgehead atoms. The van der Waals surface area contributed by atoms with Gasteiger partial charge in [0.25, 0.3) is 10.0 Å². The summed E-state index contributed by atoms with van der Waals surface area (Å²) in [6.45, 7) is 0.110. The van der Waals surface area contributed by atoms with Crippen LogP contribution in [0.2, 0.25) is 4.34 Å². The second-order valence-electron chi connectivity index (χ2n) is 5.34. The largest absolute Gasteiger partial charge is 0.361 e. The molecule has 2 aromatic heterocycles. The van der Waals surface area contributed by atoms with Crippen molar-refractivity contribution in [1.29, 1.82) is 0 Å². The minimum absolute atomic E-state index is 0.0871. The maximum absolute atomic E-state index is 12.0. The van der Waals surface area contributed by atoms with Crippen molar-refractivity contribution in [3.05, 3.63) is 52.5 Å². The van der Waals surface area contributed by atoms with E-state index in [-0.39, 0.29) is 16.7 Å². The summed E-state index contributed by atoms with van der Waals surface area (Å²) >= 11 is 6.68. The van der Waals surface area contributed by atoms with E-state index in [1.807, 2.05) is 30.5 Å². The van der Waals surface area contributed by atoms with Crippen molar-refractivity contribution in [3.8, 4) is 0 Å². The Morgan fingerprint density at radius 3 is 2.76 bits per heavy atom. The number of para-hydroxylation sites is 1. The molecule has 2 heterocycles. The summed E-state index contributed by atoms with van der Waals surface area (Å²) in [5, 5.41) is 3.83. The van der Waals surface area contributed by atoms with Crippen molar-refractivity contribution in [2.75, 3.05) is 13.1 Å². The first kappa shape index (κ1) is 17.9. The molecule has 0 saturated heterocycles. The number of fused-ring (bicyclic) bond motifs is 1. The van der Waals surface area contributed by atoms with Crippen LogP contribution in [0.4, 0.5) is 0 Å². The third kappa shape index (κ3) is 4.40. The number of aromatic nitrogens is 1. The number of thiophene rings is 1. The zero-order chi connectivity index (χ0) is 17.9. The van der Waals surface area contributed by atoms with Gasteiger partial charge in [0.1, 0.15) is 4.21 Å². The molecular formula is C16H16ClN3O3S2. The number of benzene rings is 1. The Bertz CT molecular complexity index is 995. The molecule has 0 fully saturated rings. The van der Waals surface area contributed by atoms with E-state index in [0.717, 1.165) is 27.8 Å². The topological polar surface area (TPSA) is 91.1 Å². The summed E-state index contributed by atoms with van der Waals surface area (Å²) in [5.74, 6) is -0.383. The highest BCUT2D eigenvalue weighted by atomic mass is 35.5. The van der Waals surface area contributed by atoms with Gasteiger partial charge < -0.3 is 10.3 Å². The Morgan fingerprint density at radius 2 is 2.00 bits per heavy atom. The quantitative estimate of drug-likeness (QED) is 0.572. The molecule has 6 nitrogen and oxygen atoms in total. The smallest absolute Gasteiger partial charge is 0.250 e. The van der Waals surface area contributed by atoms with Gasteiger partial charge in [0.15, 0.2) is 0 Å². The summed E-state index contributed by atoms with van der Waals surface area (Å²) in [6.07, 6.45) is 2.57. The number of sulfonamides is 1. The normalized spacial score (nSPS) is 11.7. The number of nitrogens with one attached hydrogen (secondary N) is 3. The van der Waals surface area contributed by atoms with E-state index in [1.54, 1.807) is 0 Å². The molecular weight excluding hydrogens is 382 g/mol. The number of aromatic amines is 1. The second-order valence-corrected chi connectivity index (χ2v) is 9.05. The maximum Gasteiger partial charge on any atom is 0.250 e. The van der Waals surface area contributed by atoms with Crippen LogP contribution >= 0.6 is 22.9 Å². The van der Waals surface area contributed by atoms with Crippen LogP contribution in [-0.2, 0) is 21.2 Å². The molecule has 132 valence electrons. The van der Waals surface area contributed by atoms with Crippen molar-refractivity contribution in [3.63, 3.8) is 0 Å². The van der Waals surface area contributed by atoms with Gasteiger partial charge in [0.05, 0.1) is 10.9 Å². The molecule has 0 saturated carbocycles. The van der Waals surface area contributed by atoms with Crippen molar-refractivity contribution in [2.24, 2.45) is 0 Å². The SMILES string of the molecule is O=C(CNS(=O)(=O)c1ccc(Cl)s1)NCCc1c[nH]c2ccccc12. The van der Waals surface area contributed by atoms with Gasteiger partial charge in [-0.15, -0.1) is 11.3 Å². The number of rotatable bonds is 7. The van der Waals surface area contributed by atoms with Gasteiger partial charge in [-0.3, -0.25) is 4.79 Å². The van der Waals surface area contributed by atoms with E-state index < -0.39 is 10.0 Å². The fraction of sp³-hybridized carbons (Fsp3) is 0.188. The highest BCUT2D eigenvalue weighted by molar-refractivity contribution is 7.91. The third-order valence-corrected chi connectivity index (χ3v) is 6.75. The number of hydrogen-bond donors (Lipinski definition) is 3. The van der Waals surface area contributed by atoms with Crippen molar-refractivity contribution in [2.45, 2.75) is 10.6 Å². The van der Waals surface area contributed by atoms with E-state index in [9.17, 15) is 13.2 Å². The van der Waals surface area contributed by atoms with E-state index in [2.05, 4.69) is 15.0 Å². The molecule has 3 N–H and O–H groups in total. The second kappa shape index (κ2) is 7.57. The van der Waals surface area contributed by atoms with Gasteiger partial charge in [-0.2, -0.15) is 0 Å². The van der Waals surface area contributed by atoms with Crippen LogP contribution < -0.4 is 10.0 Å². The lowest BCUT2D eigenvalue weighted by atomic mass is 10.1. The summed E-state index contributed by atoms with van der Waals surface area (Å²) in [4.78, 5) is 15.0. The molecule has 3 aromatic rings. The summed E-state index contributed by atoms with van der Waals surface area (Å²) in [7, 11) is -3.71. The van der Waals surface area contributed by atoms with E-state index in [1.165, 1.54) is 12.1 Å². The van der Waals surface area contributed by atoms with Gasteiger partial charge in [-0.1, -0.05) is 29.8 Å². The first-order valence-electron chi connectivity index (χ1n) is 7.52. The molecule has 0 aliphatic rings. The number of halogens is 1. The van der Waals surface area contributed by atoms with Crippen LogP contribution in [0.1, 0.15) is 5.56 Å². The maximum atomic E-state index is 12.0. The standard InChI is InChI=1S/C16H16ClN3O3S2/c17-14-5-6-16(24-14)25(22,23)20-10-15(21)18-8-7-11-9-19-13-4-2-1-3-12(11)13/h1-6,9,19-20H,7-8,10H2,(H,18,21). The Hall–Kier alpha value is -1.87. The number of amides is 1. The lowest BCUT2D eigenvalue weighted by molar-refractivity contribution is -0.119. The first-order valence-corrected chi connectivity index (χ1v) is 10.2. The van der Waals surface area contributed by atoms with E-state index in [4.69, 9.17) is 11.6 Å². The Morgan fingerprint density at radius 1 is 1.20 bits per heavy atom. The lowest BCUT2D eigenvalue weighted by Gasteiger charge is -2.06. The lowest BCUT2D eigenvalue weighted by Crippen LogP contribution is -2.37. The molecule has 0 aliphatic heterocycles.